The number of ether oxygens (including phenoxy) is 1. The van der Waals surface area contributed by atoms with Crippen LogP contribution in [0.5, 0.6) is 0 Å². The number of aryl methyl sites for hydroxylation is 1. The summed E-state index contributed by atoms with van der Waals surface area (Å²) in [4.78, 5) is 14.2. The molecule has 0 aliphatic carbocycles. The molecule has 22 heavy (non-hydrogen) atoms. The Hall–Kier alpha value is -2.04. The number of benzene rings is 1. The van der Waals surface area contributed by atoms with Crippen LogP contribution >= 0.6 is 0 Å². The lowest BCUT2D eigenvalue weighted by molar-refractivity contribution is -0.555. The molecule has 1 amide bonds. The predicted molar refractivity (Wildman–Crippen MR) is 85.6 cm³/mol. The van der Waals surface area contributed by atoms with Crippen LogP contribution in [0.3, 0.4) is 0 Å². The molecule has 1 N–H and O–H groups in total. The van der Waals surface area contributed by atoms with Crippen LogP contribution in [0.4, 0.5) is 0 Å². The lowest BCUT2D eigenvalue weighted by Gasteiger charge is -2.26. The lowest BCUT2D eigenvalue weighted by atomic mass is 10.1. The van der Waals surface area contributed by atoms with Crippen LogP contribution in [0.1, 0.15) is 36.7 Å². The van der Waals surface area contributed by atoms with Crippen molar-refractivity contribution in [1.29, 1.82) is 0 Å². The number of carbonyl (C=O) groups excluding carboxylic acids is 1. The minimum atomic E-state index is -0.432. The summed E-state index contributed by atoms with van der Waals surface area (Å²) in [7, 11) is 0. The fourth-order valence-electron chi connectivity index (χ4n) is 2.32. The van der Waals surface area contributed by atoms with Gasteiger partial charge in [-0.05, 0) is 39.8 Å². The fraction of sp³-hybridized carbons (Fsp3) is 0.529. The van der Waals surface area contributed by atoms with Gasteiger partial charge in [-0.15, -0.1) is 0 Å². The summed E-state index contributed by atoms with van der Waals surface area (Å²) in [5, 5.41) is 10.00. The standard InChI is InChI=1S/C17H24N2O3/c1-13-5-7-14(8-6-13)15(20)18-9-11-19(12-10-18)16(21)22-17(2,3)4/h5-8H,9-12H2,1-4H3/p+1. The first-order valence-corrected chi connectivity index (χ1v) is 7.62. The van der Waals surface area contributed by atoms with Gasteiger partial charge in [-0.25, -0.2) is 0 Å². The highest BCUT2D eigenvalue weighted by Crippen LogP contribution is 2.10. The Balaban J connectivity index is 1.98. The molecule has 1 heterocycles. The summed E-state index contributed by atoms with van der Waals surface area (Å²) in [6, 6.07) is 7.60. The number of hydrogen-bond donors (Lipinski definition) is 1. The molecular weight excluding hydrogens is 280 g/mol. The molecule has 5 heteroatoms. The molecule has 0 spiro atoms. The summed E-state index contributed by atoms with van der Waals surface area (Å²) in [5.74, 6) is 0.0379. The van der Waals surface area contributed by atoms with Crippen LogP contribution in [0.15, 0.2) is 24.3 Å². The van der Waals surface area contributed by atoms with Crippen molar-refractivity contribution in [2.24, 2.45) is 0 Å². The van der Waals surface area contributed by atoms with Crippen molar-refractivity contribution in [2.45, 2.75) is 33.3 Å². The zero-order chi connectivity index (χ0) is 16.3. The van der Waals surface area contributed by atoms with Gasteiger partial charge in [0.1, 0.15) is 5.60 Å². The van der Waals surface area contributed by atoms with Crippen molar-refractivity contribution in [3.05, 3.63) is 35.4 Å². The summed E-state index contributed by atoms with van der Waals surface area (Å²) in [6.07, 6.45) is -0.0602. The van der Waals surface area contributed by atoms with Crippen LogP contribution in [-0.2, 0) is 4.74 Å². The summed E-state index contributed by atoms with van der Waals surface area (Å²) in [6.45, 7) is 9.95. The molecule has 0 atom stereocenters. The Kier molecular flexibility index (Phi) is 4.74. The summed E-state index contributed by atoms with van der Waals surface area (Å²) >= 11 is 0. The molecule has 0 aromatic heterocycles. The minimum absolute atomic E-state index is 0.0379. The van der Waals surface area contributed by atoms with Gasteiger partial charge in [0.05, 0.1) is 13.1 Å². The highest BCUT2D eigenvalue weighted by atomic mass is 16.6. The number of nitrogens with zero attached hydrogens (tertiary/aromatic N) is 2. The summed E-state index contributed by atoms with van der Waals surface area (Å²) < 4.78 is 7.23. The van der Waals surface area contributed by atoms with E-state index in [1.165, 1.54) is 0 Å². The molecule has 0 unspecified atom stereocenters. The average Bonchev–Trinajstić information content (AvgIpc) is 2.46. The van der Waals surface area contributed by atoms with E-state index in [-0.39, 0.29) is 12.0 Å². The number of piperazine rings is 1. The van der Waals surface area contributed by atoms with Gasteiger partial charge < -0.3 is 14.7 Å². The number of amides is 1. The Bertz CT molecular complexity index is 561. The van der Waals surface area contributed by atoms with E-state index in [4.69, 9.17) is 4.74 Å². The molecule has 1 aliphatic heterocycles. The van der Waals surface area contributed by atoms with Gasteiger partial charge >= 0.3 is 6.08 Å². The molecule has 1 aliphatic rings. The molecule has 0 bridgehead atoms. The smallest absolute Gasteiger partial charge is 0.430 e. The highest BCUT2D eigenvalue weighted by molar-refractivity contribution is 5.94. The molecule has 1 aromatic carbocycles. The van der Waals surface area contributed by atoms with Gasteiger partial charge in [0.15, 0.2) is 13.1 Å². The van der Waals surface area contributed by atoms with Gasteiger partial charge in [0.2, 0.25) is 0 Å². The van der Waals surface area contributed by atoms with E-state index >= 15 is 0 Å². The van der Waals surface area contributed by atoms with Crippen molar-refractivity contribution in [3.63, 3.8) is 0 Å². The van der Waals surface area contributed by atoms with Crippen molar-refractivity contribution in [3.8, 4) is 0 Å². The monoisotopic (exact) mass is 305 g/mol. The molecule has 1 aromatic rings. The maximum atomic E-state index is 12.4. The average molecular weight is 305 g/mol. The second kappa shape index (κ2) is 6.38. The molecule has 1 saturated heterocycles. The minimum Gasteiger partial charge on any atom is -0.430 e. The van der Waals surface area contributed by atoms with Gasteiger partial charge in [-0.1, -0.05) is 17.7 Å². The van der Waals surface area contributed by atoms with Gasteiger partial charge in [0, 0.05) is 5.56 Å². The zero-order valence-electron chi connectivity index (χ0n) is 13.8. The largest absolute Gasteiger partial charge is 0.547 e. The molecular formula is C17H25N2O3+. The van der Waals surface area contributed by atoms with Crippen LogP contribution in [-0.4, -0.2) is 58.4 Å². The van der Waals surface area contributed by atoms with Crippen molar-refractivity contribution >= 4 is 12.0 Å². The van der Waals surface area contributed by atoms with Gasteiger partial charge in [0.25, 0.3) is 5.91 Å². The van der Waals surface area contributed by atoms with Crippen LogP contribution in [0.2, 0.25) is 0 Å². The van der Waals surface area contributed by atoms with Crippen LogP contribution in [0, 0.1) is 6.92 Å². The lowest BCUT2D eigenvalue weighted by Crippen LogP contribution is -2.47. The SMILES string of the molecule is Cc1ccc(C(=O)N2CC[N+](=C(O)OC(C)(C)C)CC2)cc1. The molecule has 5 nitrogen and oxygen atoms in total. The molecule has 0 radical (unpaired) electrons. The normalized spacial score (nSPS) is 15.6. The number of carbonyl (C=O) groups is 1. The van der Waals surface area contributed by atoms with E-state index in [9.17, 15) is 9.90 Å². The molecule has 0 saturated carbocycles. The third kappa shape index (κ3) is 4.23. The molecule has 120 valence electrons. The Morgan fingerprint density at radius 3 is 2.23 bits per heavy atom. The third-order valence-electron chi connectivity index (χ3n) is 3.53. The first-order valence-electron chi connectivity index (χ1n) is 7.62. The second-order valence-corrected chi connectivity index (χ2v) is 6.64. The molecule has 1 fully saturated rings. The van der Waals surface area contributed by atoms with E-state index in [2.05, 4.69) is 0 Å². The van der Waals surface area contributed by atoms with Gasteiger partial charge in [-0.3, -0.25) is 4.79 Å². The quantitative estimate of drug-likeness (QED) is 0.639. The first-order chi connectivity index (χ1) is 10.3. The van der Waals surface area contributed by atoms with Crippen LogP contribution in [0.25, 0.3) is 0 Å². The van der Waals surface area contributed by atoms with E-state index in [1.807, 2.05) is 56.9 Å². The Morgan fingerprint density at radius 2 is 1.73 bits per heavy atom. The summed E-state index contributed by atoms with van der Waals surface area (Å²) in [5.41, 5.74) is 1.41. The predicted octanol–water partition coefficient (Wildman–Crippen LogP) is 2.19. The Labute approximate surface area is 131 Å². The fourth-order valence-corrected chi connectivity index (χ4v) is 2.32. The topological polar surface area (TPSA) is 52.8 Å². The van der Waals surface area contributed by atoms with E-state index < -0.39 is 5.60 Å². The number of rotatable bonds is 1. The third-order valence-corrected chi connectivity index (χ3v) is 3.53. The Morgan fingerprint density at radius 1 is 1.18 bits per heavy atom. The number of aliphatic hydroxyl groups is 1. The zero-order valence-corrected chi connectivity index (χ0v) is 13.8. The molecule has 2 rings (SSSR count). The van der Waals surface area contributed by atoms with E-state index in [0.717, 1.165) is 5.56 Å². The number of hydrogen-bond acceptors (Lipinski definition) is 2. The maximum Gasteiger partial charge on any atom is 0.547 e. The van der Waals surface area contributed by atoms with E-state index in [0.29, 0.717) is 31.7 Å². The van der Waals surface area contributed by atoms with Gasteiger partial charge in [-0.2, -0.15) is 4.58 Å². The van der Waals surface area contributed by atoms with Crippen molar-refractivity contribution in [2.75, 3.05) is 26.2 Å². The highest BCUT2D eigenvalue weighted by Gasteiger charge is 2.29. The van der Waals surface area contributed by atoms with Crippen molar-refractivity contribution in [1.82, 2.24) is 4.90 Å². The van der Waals surface area contributed by atoms with E-state index in [1.54, 1.807) is 4.58 Å². The van der Waals surface area contributed by atoms with Crippen LogP contribution < -0.4 is 0 Å². The number of aliphatic hydroxyl groups excluding tert-OH is 1. The maximum absolute atomic E-state index is 12.4. The second-order valence-electron chi connectivity index (χ2n) is 6.64. The first kappa shape index (κ1) is 16.3. The van der Waals surface area contributed by atoms with Crippen molar-refractivity contribution < 1.29 is 19.2 Å².